The van der Waals surface area contributed by atoms with Gasteiger partial charge in [0.1, 0.15) is 11.3 Å². The Balaban J connectivity index is 1.87. The van der Waals surface area contributed by atoms with Gasteiger partial charge in [-0.15, -0.1) is 0 Å². The molecule has 0 atom stereocenters. The first-order chi connectivity index (χ1) is 11.7. The average molecular weight is 318 g/mol. The Labute approximate surface area is 138 Å². The number of benzene rings is 2. The van der Waals surface area contributed by atoms with Gasteiger partial charge in [0.25, 0.3) is 11.8 Å². The van der Waals surface area contributed by atoms with Crippen LogP contribution in [0.5, 0.6) is 5.75 Å². The molecular formula is C19H14N2O3. The molecule has 118 valence electrons. The van der Waals surface area contributed by atoms with E-state index in [-0.39, 0.29) is 18.4 Å². The molecule has 5 nitrogen and oxygen atoms in total. The van der Waals surface area contributed by atoms with Gasteiger partial charge in [-0.05, 0) is 23.8 Å². The van der Waals surface area contributed by atoms with Crippen molar-refractivity contribution in [2.24, 2.45) is 0 Å². The molecule has 2 heterocycles. The van der Waals surface area contributed by atoms with Crippen LogP contribution >= 0.6 is 0 Å². The van der Waals surface area contributed by atoms with Crippen LogP contribution in [-0.4, -0.2) is 28.8 Å². The largest absolute Gasteiger partial charge is 0.494 e. The number of nitrogens with zero attached hydrogens (tertiary/aromatic N) is 2. The lowest BCUT2D eigenvalue weighted by Gasteiger charge is -2.27. The molecule has 0 saturated heterocycles. The van der Waals surface area contributed by atoms with Gasteiger partial charge < -0.3 is 4.74 Å². The molecule has 0 bridgehead atoms. The fraction of sp³-hybridized carbons (Fsp3) is 0.105. The number of aromatic nitrogens is 1. The molecule has 0 fully saturated rings. The number of carbonyl (C=O) groups is 2. The van der Waals surface area contributed by atoms with E-state index in [0.717, 1.165) is 5.56 Å². The normalized spacial score (nSPS) is 13.5. The zero-order valence-electron chi connectivity index (χ0n) is 13.0. The molecule has 3 aromatic rings. The van der Waals surface area contributed by atoms with E-state index in [0.29, 0.717) is 27.8 Å². The molecule has 0 saturated carbocycles. The molecule has 24 heavy (non-hydrogen) atoms. The first-order valence-corrected chi connectivity index (χ1v) is 7.56. The maximum Gasteiger partial charge on any atom is 0.261 e. The SMILES string of the molecule is COc1ccc2c3c(ccnc13)C(=O)N(Cc1ccccc1)C2=O. The Bertz CT molecular complexity index is 945. The molecule has 1 aromatic heterocycles. The van der Waals surface area contributed by atoms with E-state index in [1.807, 2.05) is 30.3 Å². The summed E-state index contributed by atoms with van der Waals surface area (Å²) in [5, 5.41) is 0.566. The summed E-state index contributed by atoms with van der Waals surface area (Å²) in [5.41, 5.74) is 2.39. The van der Waals surface area contributed by atoms with Crippen LogP contribution in [0.15, 0.2) is 54.7 Å². The van der Waals surface area contributed by atoms with E-state index < -0.39 is 0 Å². The number of hydrogen-bond donors (Lipinski definition) is 0. The van der Waals surface area contributed by atoms with Crippen molar-refractivity contribution in [1.29, 1.82) is 0 Å². The highest BCUT2D eigenvalue weighted by atomic mass is 16.5. The van der Waals surface area contributed by atoms with Crippen molar-refractivity contribution in [3.8, 4) is 5.75 Å². The molecule has 2 amide bonds. The fourth-order valence-corrected chi connectivity index (χ4v) is 3.06. The second-order valence-electron chi connectivity index (χ2n) is 5.58. The number of hydrogen-bond acceptors (Lipinski definition) is 4. The smallest absolute Gasteiger partial charge is 0.261 e. The third-order valence-corrected chi connectivity index (χ3v) is 4.21. The van der Waals surface area contributed by atoms with Gasteiger partial charge in [0.05, 0.1) is 24.8 Å². The van der Waals surface area contributed by atoms with Crippen LogP contribution in [0.25, 0.3) is 10.9 Å². The van der Waals surface area contributed by atoms with E-state index in [1.165, 1.54) is 4.90 Å². The first kappa shape index (κ1) is 14.4. The number of imide groups is 1. The Morgan fingerprint density at radius 1 is 0.958 bits per heavy atom. The molecule has 0 aliphatic carbocycles. The molecule has 4 rings (SSSR count). The Hall–Kier alpha value is -3.21. The van der Waals surface area contributed by atoms with Crippen LogP contribution in [0.1, 0.15) is 26.3 Å². The Morgan fingerprint density at radius 3 is 2.38 bits per heavy atom. The maximum absolute atomic E-state index is 12.9. The zero-order valence-corrected chi connectivity index (χ0v) is 13.0. The van der Waals surface area contributed by atoms with E-state index in [9.17, 15) is 9.59 Å². The number of ether oxygens (including phenoxy) is 1. The Kier molecular flexibility index (Phi) is 3.27. The Morgan fingerprint density at radius 2 is 1.67 bits per heavy atom. The van der Waals surface area contributed by atoms with E-state index >= 15 is 0 Å². The van der Waals surface area contributed by atoms with Crippen molar-refractivity contribution in [3.05, 3.63) is 71.4 Å². The summed E-state index contributed by atoms with van der Waals surface area (Å²) in [7, 11) is 1.54. The lowest BCUT2D eigenvalue weighted by atomic mass is 9.96. The lowest BCUT2D eigenvalue weighted by molar-refractivity contribution is 0.0598. The summed E-state index contributed by atoms with van der Waals surface area (Å²) in [4.78, 5) is 31.3. The summed E-state index contributed by atoms with van der Waals surface area (Å²) in [6.07, 6.45) is 1.57. The minimum absolute atomic E-state index is 0.244. The summed E-state index contributed by atoms with van der Waals surface area (Å²) >= 11 is 0. The van der Waals surface area contributed by atoms with Gasteiger partial charge in [0.15, 0.2) is 0 Å². The van der Waals surface area contributed by atoms with E-state index in [2.05, 4.69) is 4.98 Å². The van der Waals surface area contributed by atoms with Gasteiger partial charge in [-0.2, -0.15) is 0 Å². The van der Waals surface area contributed by atoms with E-state index in [4.69, 9.17) is 4.74 Å². The van der Waals surface area contributed by atoms with Gasteiger partial charge in [0, 0.05) is 11.6 Å². The summed E-state index contributed by atoms with van der Waals surface area (Å²) in [6.45, 7) is 0.244. The average Bonchev–Trinajstić information content (AvgIpc) is 2.63. The molecule has 1 aliphatic heterocycles. The number of rotatable bonds is 3. The minimum atomic E-state index is -0.308. The fourth-order valence-electron chi connectivity index (χ4n) is 3.06. The van der Waals surface area contributed by atoms with Crippen LogP contribution < -0.4 is 4.74 Å². The zero-order chi connectivity index (χ0) is 16.7. The maximum atomic E-state index is 12.9. The van der Waals surface area contributed by atoms with E-state index in [1.54, 1.807) is 31.5 Å². The van der Waals surface area contributed by atoms with Crippen LogP contribution in [0, 0.1) is 0 Å². The van der Waals surface area contributed by atoms with Crippen molar-refractivity contribution >= 4 is 22.7 Å². The van der Waals surface area contributed by atoms with Crippen LogP contribution in [0.3, 0.4) is 0 Å². The molecule has 5 heteroatoms. The number of carbonyl (C=O) groups excluding carboxylic acids is 2. The second-order valence-corrected chi connectivity index (χ2v) is 5.58. The highest BCUT2D eigenvalue weighted by Gasteiger charge is 2.33. The predicted octanol–water partition coefficient (Wildman–Crippen LogP) is 3.04. The summed E-state index contributed by atoms with van der Waals surface area (Å²) < 4.78 is 5.30. The quantitative estimate of drug-likeness (QED) is 0.697. The van der Waals surface area contributed by atoms with Crippen molar-refractivity contribution in [3.63, 3.8) is 0 Å². The summed E-state index contributed by atoms with van der Waals surface area (Å²) in [6, 6.07) is 14.5. The monoisotopic (exact) mass is 318 g/mol. The third-order valence-electron chi connectivity index (χ3n) is 4.21. The first-order valence-electron chi connectivity index (χ1n) is 7.56. The number of methoxy groups -OCH3 is 1. The van der Waals surface area contributed by atoms with Crippen LogP contribution in [-0.2, 0) is 6.54 Å². The molecule has 0 unspecified atom stereocenters. The summed E-state index contributed by atoms with van der Waals surface area (Å²) in [5.74, 6) is -0.0679. The number of pyridine rings is 1. The standard InChI is InChI=1S/C19H14N2O3/c1-24-15-8-7-13-16-14(9-10-20-17(15)16)19(23)21(18(13)22)11-12-5-3-2-4-6-12/h2-10H,11H2,1H3. The molecule has 0 radical (unpaired) electrons. The van der Waals surface area contributed by atoms with Crippen molar-refractivity contribution in [2.75, 3.05) is 7.11 Å². The molecular weight excluding hydrogens is 304 g/mol. The minimum Gasteiger partial charge on any atom is -0.494 e. The topological polar surface area (TPSA) is 59.5 Å². The predicted molar refractivity (Wildman–Crippen MR) is 88.9 cm³/mol. The van der Waals surface area contributed by atoms with Crippen molar-refractivity contribution in [2.45, 2.75) is 6.54 Å². The highest BCUT2D eigenvalue weighted by Crippen LogP contribution is 2.34. The van der Waals surface area contributed by atoms with Crippen LogP contribution in [0.2, 0.25) is 0 Å². The molecule has 0 spiro atoms. The number of amides is 2. The van der Waals surface area contributed by atoms with Gasteiger partial charge in [-0.1, -0.05) is 30.3 Å². The van der Waals surface area contributed by atoms with Gasteiger partial charge in [-0.25, -0.2) is 0 Å². The van der Waals surface area contributed by atoms with Gasteiger partial charge in [-0.3, -0.25) is 19.5 Å². The van der Waals surface area contributed by atoms with Gasteiger partial charge in [0.2, 0.25) is 0 Å². The molecule has 1 aliphatic rings. The second kappa shape index (κ2) is 5.45. The highest BCUT2D eigenvalue weighted by molar-refractivity contribution is 6.25. The lowest BCUT2D eigenvalue weighted by Crippen LogP contribution is -2.39. The third kappa shape index (κ3) is 2.06. The van der Waals surface area contributed by atoms with Gasteiger partial charge >= 0.3 is 0 Å². The van der Waals surface area contributed by atoms with Crippen LogP contribution in [0.4, 0.5) is 0 Å². The van der Waals surface area contributed by atoms with Crippen molar-refractivity contribution in [1.82, 2.24) is 9.88 Å². The van der Waals surface area contributed by atoms with Crippen molar-refractivity contribution < 1.29 is 14.3 Å². The molecule has 2 aromatic carbocycles. The molecule has 0 N–H and O–H groups in total.